The maximum Gasteiger partial charge on any atom is 0.252 e. The second-order valence-electron chi connectivity index (χ2n) is 4.76. The molecule has 3 heteroatoms. The van der Waals surface area contributed by atoms with Gasteiger partial charge < -0.3 is 11.1 Å². The van der Waals surface area contributed by atoms with Crippen molar-refractivity contribution in [2.24, 2.45) is 11.7 Å². The standard InChI is InChI=1S/C14H20N2O/c15-13(11-7-3-1-4-8-11)16-14(17)12-9-5-2-6-10-12/h2,5-6,9-11,13H,1,3-4,7-8,15H2,(H,16,17). The monoisotopic (exact) mass is 232 g/mol. The molecule has 1 aromatic rings. The zero-order valence-corrected chi connectivity index (χ0v) is 10.1. The summed E-state index contributed by atoms with van der Waals surface area (Å²) < 4.78 is 0. The zero-order valence-electron chi connectivity index (χ0n) is 10.1. The first-order valence-electron chi connectivity index (χ1n) is 6.39. The number of hydrogen-bond acceptors (Lipinski definition) is 2. The summed E-state index contributed by atoms with van der Waals surface area (Å²) in [5.41, 5.74) is 6.73. The Labute approximate surface area is 102 Å². The van der Waals surface area contributed by atoms with Gasteiger partial charge in [0, 0.05) is 5.56 Å². The van der Waals surface area contributed by atoms with Crippen molar-refractivity contribution in [3.8, 4) is 0 Å². The van der Waals surface area contributed by atoms with Crippen molar-refractivity contribution in [1.82, 2.24) is 5.32 Å². The molecule has 0 saturated heterocycles. The third-order valence-electron chi connectivity index (χ3n) is 3.49. The molecule has 3 nitrogen and oxygen atoms in total. The van der Waals surface area contributed by atoms with E-state index in [2.05, 4.69) is 5.32 Å². The zero-order chi connectivity index (χ0) is 12.1. The van der Waals surface area contributed by atoms with Gasteiger partial charge in [-0.05, 0) is 30.9 Å². The van der Waals surface area contributed by atoms with Crippen LogP contribution in [-0.2, 0) is 0 Å². The lowest BCUT2D eigenvalue weighted by atomic mass is 9.87. The predicted molar refractivity (Wildman–Crippen MR) is 68.5 cm³/mol. The van der Waals surface area contributed by atoms with E-state index >= 15 is 0 Å². The Morgan fingerprint density at radius 3 is 2.47 bits per heavy atom. The third-order valence-corrected chi connectivity index (χ3v) is 3.49. The minimum atomic E-state index is -0.206. The molecule has 17 heavy (non-hydrogen) atoms. The fraction of sp³-hybridized carbons (Fsp3) is 0.500. The number of carbonyl (C=O) groups excluding carboxylic acids is 1. The van der Waals surface area contributed by atoms with Crippen molar-refractivity contribution >= 4 is 5.91 Å². The first-order chi connectivity index (χ1) is 8.27. The number of benzene rings is 1. The fourth-order valence-electron chi connectivity index (χ4n) is 2.44. The molecule has 1 aliphatic rings. The molecule has 1 saturated carbocycles. The summed E-state index contributed by atoms with van der Waals surface area (Å²) >= 11 is 0. The first-order valence-corrected chi connectivity index (χ1v) is 6.39. The smallest absolute Gasteiger partial charge is 0.252 e. The molecule has 0 bridgehead atoms. The van der Waals surface area contributed by atoms with Crippen LogP contribution in [0, 0.1) is 5.92 Å². The maximum atomic E-state index is 11.9. The van der Waals surface area contributed by atoms with Crippen molar-refractivity contribution in [1.29, 1.82) is 0 Å². The molecule has 1 fully saturated rings. The second kappa shape index (κ2) is 5.82. The molecule has 0 aliphatic heterocycles. The molecule has 3 N–H and O–H groups in total. The SMILES string of the molecule is NC(NC(=O)c1ccccc1)C1CCCCC1. The van der Waals surface area contributed by atoms with Crippen LogP contribution >= 0.6 is 0 Å². The highest BCUT2D eigenvalue weighted by atomic mass is 16.1. The van der Waals surface area contributed by atoms with Crippen molar-refractivity contribution in [3.63, 3.8) is 0 Å². The van der Waals surface area contributed by atoms with E-state index in [1.807, 2.05) is 30.3 Å². The highest BCUT2D eigenvalue weighted by Crippen LogP contribution is 2.24. The van der Waals surface area contributed by atoms with Crippen molar-refractivity contribution < 1.29 is 4.79 Å². The number of hydrogen-bond donors (Lipinski definition) is 2. The Morgan fingerprint density at radius 1 is 1.18 bits per heavy atom. The minimum absolute atomic E-state index is 0.0660. The highest BCUT2D eigenvalue weighted by molar-refractivity contribution is 5.94. The van der Waals surface area contributed by atoms with E-state index in [1.54, 1.807) is 0 Å². The predicted octanol–water partition coefficient (Wildman–Crippen LogP) is 2.28. The van der Waals surface area contributed by atoms with Crippen molar-refractivity contribution in [2.45, 2.75) is 38.3 Å². The number of nitrogens with two attached hydrogens (primary N) is 1. The molecule has 0 spiro atoms. The van der Waals surface area contributed by atoms with Gasteiger partial charge in [-0.1, -0.05) is 37.5 Å². The van der Waals surface area contributed by atoms with E-state index in [-0.39, 0.29) is 12.1 Å². The topological polar surface area (TPSA) is 55.1 Å². The van der Waals surface area contributed by atoms with Gasteiger partial charge in [0.2, 0.25) is 0 Å². The van der Waals surface area contributed by atoms with Crippen LogP contribution in [0.25, 0.3) is 0 Å². The molecule has 1 amide bonds. The Morgan fingerprint density at radius 2 is 1.82 bits per heavy atom. The average Bonchev–Trinajstić information content (AvgIpc) is 2.40. The second-order valence-corrected chi connectivity index (χ2v) is 4.76. The van der Waals surface area contributed by atoms with Crippen LogP contribution in [-0.4, -0.2) is 12.1 Å². The van der Waals surface area contributed by atoms with Gasteiger partial charge in [-0.15, -0.1) is 0 Å². The molecule has 1 atom stereocenters. The van der Waals surface area contributed by atoms with Gasteiger partial charge in [0.05, 0.1) is 6.17 Å². The lowest BCUT2D eigenvalue weighted by Gasteiger charge is -2.28. The normalized spacial score (nSPS) is 18.6. The minimum Gasteiger partial charge on any atom is -0.337 e. The van der Waals surface area contributed by atoms with Gasteiger partial charge >= 0.3 is 0 Å². The third kappa shape index (κ3) is 3.30. The molecule has 0 heterocycles. The van der Waals surface area contributed by atoms with Crippen molar-refractivity contribution in [2.75, 3.05) is 0 Å². The van der Waals surface area contributed by atoms with E-state index in [0.29, 0.717) is 11.5 Å². The Balaban J connectivity index is 1.89. The van der Waals surface area contributed by atoms with E-state index in [0.717, 1.165) is 12.8 Å². The van der Waals surface area contributed by atoms with Crippen LogP contribution < -0.4 is 11.1 Å². The molecule has 1 aromatic carbocycles. The molecule has 1 unspecified atom stereocenters. The summed E-state index contributed by atoms with van der Waals surface area (Å²) in [6.45, 7) is 0. The Hall–Kier alpha value is -1.35. The number of rotatable bonds is 3. The highest BCUT2D eigenvalue weighted by Gasteiger charge is 2.22. The Bertz CT molecular complexity index is 358. The van der Waals surface area contributed by atoms with E-state index in [9.17, 15) is 4.79 Å². The molecule has 0 aromatic heterocycles. The van der Waals surface area contributed by atoms with Crippen molar-refractivity contribution in [3.05, 3.63) is 35.9 Å². The molecule has 2 rings (SSSR count). The van der Waals surface area contributed by atoms with Crippen LogP contribution in [0.4, 0.5) is 0 Å². The lowest BCUT2D eigenvalue weighted by molar-refractivity contribution is 0.0915. The summed E-state index contributed by atoms with van der Waals surface area (Å²) in [5, 5.41) is 2.90. The molecule has 0 radical (unpaired) electrons. The summed E-state index contributed by atoms with van der Waals surface area (Å²) in [6, 6.07) is 9.24. The average molecular weight is 232 g/mol. The summed E-state index contributed by atoms with van der Waals surface area (Å²) in [7, 11) is 0. The van der Waals surface area contributed by atoms with Gasteiger partial charge in [-0.25, -0.2) is 0 Å². The van der Waals surface area contributed by atoms with Gasteiger partial charge in [0.1, 0.15) is 0 Å². The van der Waals surface area contributed by atoms with Gasteiger partial charge in [0.15, 0.2) is 0 Å². The largest absolute Gasteiger partial charge is 0.337 e. The fourth-order valence-corrected chi connectivity index (χ4v) is 2.44. The summed E-state index contributed by atoms with van der Waals surface area (Å²) in [6.07, 6.45) is 5.84. The first kappa shape index (κ1) is 12.1. The van der Waals surface area contributed by atoms with Crippen LogP contribution in [0.3, 0.4) is 0 Å². The van der Waals surface area contributed by atoms with Gasteiger partial charge in [0.25, 0.3) is 5.91 Å². The van der Waals surface area contributed by atoms with Crippen LogP contribution in [0.2, 0.25) is 0 Å². The molecule has 1 aliphatic carbocycles. The number of carbonyl (C=O) groups is 1. The number of amides is 1. The van der Waals surface area contributed by atoms with Crippen LogP contribution in [0.15, 0.2) is 30.3 Å². The van der Waals surface area contributed by atoms with Gasteiger partial charge in [-0.3, -0.25) is 4.79 Å². The Kier molecular flexibility index (Phi) is 4.15. The molecular weight excluding hydrogens is 212 g/mol. The van der Waals surface area contributed by atoms with E-state index in [4.69, 9.17) is 5.73 Å². The molecular formula is C14H20N2O. The van der Waals surface area contributed by atoms with E-state index < -0.39 is 0 Å². The van der Waals surface area contributed by atoms with E-state index in [1.165, 1.54) is 19.3 Å². The van der Waals surface area contributed by atoms with Gasteiger partial charge in [-0.2, -0.15) is 0 Å². The lowest BCUT2D eigenvalue weighted by Crippen LogP contribution is -2.47. The van der Waals surface area contributed by atoms with Crippen LogP contribution in [0.1, 0.15) is 42.5 Å². The summed E-state index contributed by atoms with van der Waals surface area (Å²) in [4.78, 5) is 11.9. The number of nitrogens with one attached hydrogen (secondary N) is 1. The quantitative estimate of drug-likeness (QED) is 0.785. The van der Waals surface area contributed by atoms with Crippen LogP contribution in [0.5, 0.6) is 0 Å². The summed E-state index contributed by atoms with van der Waals surface area (Å²) in [5.74, 6) is 0.375. The maximum absolute atomic E-state index is 11.9. The molecule has 92 valence electrons.